The summed E-state index contributed by atoms with van der Waals surface area (Å²) in [6, 6.07) is 13.1. The van der Waals surface area contributed by atoms with Crippen LogP contribution in [-0.4, -0.2) is 29.7 Å². The Kier molecular flexibility index (Phi) is 4.97. The summed E-state index contributed by atoms with van der Waals surface area (Å²) in [5.41, 5.74) is 6.39. The van der Waals surface area contributed by atoms with Gasteiger partial charge in [-0.25, -0.2) is 0 Å². The van der Waals surface area contributed by atoms with Crippen LogP contribution in [-0.2, 0) is 4.79 Å². The summed E-state index contributed by atoms with van der Waals surface area (Å²) in [5.74, 6) is -0.990. The monoisotopic (exact) mass is 353 g/mol. The minimum absolute atomic E-state index is 0.142. The number of carbonyl (C=O) groups excluding carboxylic acids is 2. The minimum Gasteiger partial charge on any atom is -0.369 e. The molecule has 0 unspecified atom stereocenters. The van der Waals surface area contributed by atoms with E-state index in [9.17, 15) is 19.7 Å². The van der Waals surface area contributed by atoms with E-state index < -0.39 is 10.8 Å². The molecule has 1 amide bonds. The summed E-state index contributed by atoms with van der Waals surface area (Å²) >= 11 is 0. The Morgan fingerprint density at radius 1 is 1.12 bits per heavy atom. The third-order valence-corrected chi connectivity index (χ3v) is 4.63. The van der Waals surface area contributed by atoms with Gasteiger partial charge in [-0.2, -0.15) is 0 Å². The Hall–Kier alpha value is -3.22. The molecule has 1 aliphatic rings. The van der Waals surface area contributed by atoms with E-state index >= 15 is 0 Å². The van der Waals surface area contributed by atoms with Gasteiger partial charge < -0.3 is 10.6 Å². The molecule has 7 heteroatoms. The molecule has 0 radical (unpaired) electrons. The third kappa shape index (κ3) is 3.56. The predicted molar refractivity (Wildman–Crippen MR) is 97.1 cm³/mol. The van der Waals surface area contributed by atoms with E-state index in [0.717, 1.165) is 6.42 Å². The molecule has 1 fully saturated rings. The normalized spacial score (nSPS) is 16.9. The van der Waals surface area contributed by atoms with Crippen LogP contribution in [0.25, 0.3) is 0 Å². The summed E-state index contributed by atoms with van der Waals surface area (Å²) in [6.45, 7) is 0.957. The molecule has 1 heterocycles. The van der Waals surface area contributed by atoms with Gasteiger partial charge in [-0.3, -0.25) is 19.7 Å². The number of amides is 1. The van der Waals surface area contributed by atoms with Crippen LogP contribution in [0.2, 0.25) is 0 Å². The standard InChI is InChI=1S/C19H19N3O4/c20-19(24)15-7-4-10-21(12-15)16-9-8-14(11-17(16)22(25)26)18(23)13-5-2-1-3-6-13/h1-3,5-6,8-9,11,15H,4,7,10,12H2,(H2,20,24)/t15-/m1/s1. The average Bonchev–Trinajstić information content (AvgIpc) is 2.67. The lowest BCUT2D eigenvalue weighted by molar-refractivity contribution is -0.384. The summed E-state index contributed by atoms with van der Waals surface area (Å²) in [4.78, 5) is 36.9. The van der Waals surface area contributed by atoms with Crippen molar-refractivity contribution in [1.82, 2.24) is 0 Å². The van der Waals surface area contributed by atoms with Gasteiger partial charge in [0, 0.05) is 30.3 Å². The molecule has 0 aromatic heterocycles. The van der Waals surface area contributed by atoms with Crippen LogP contribution in [0.5, 0.6) is 0 Å². The second-order valence-corrected chi connectivity index (χ2v) is 6.34. The van der Waals surface area contributed by atoms with Crippen LogP contribution >= 0.6 is 0 Å². The van der Waals surface area contributed by atoms with Gasteiger partial charge in [0.2, 0.25) is 5.91 Å². The van der Waals surface area contributed by atoms with Crippen molar-refractivity contribution in [3.05, 3.63) is 69.8 Å². The van der Waals surface area contributed by atoms with Crippen molar-refractivity contribution in [1.29, 1.82) is 0 Å². The van der Waals surface area contributed by atoms with Crippen LogP contribution in [0.4, 0.5) is 11.4 Å². The SMILES string of the molecule is NC(=O)[C@@H]1CCCN(c2ccc(C(=O)c3ccccc3)cc2[N+](=O)[O-])C1. The van der Waals surface area contributed by atoms with Gasteiger partial charge in [0.25, 0.3) is 5.69 Å². The summed E-state index contributed by atoms with van der Waals surface area (Å²) in [6.07, 6.45) is 1.42. The molecule has 2 aromatic carbocycles. The number of primary amides is 1. The van der Waals surface area contributed by atoms with Crippen molar-refractivity contribution in [2.75, 3.05) is 18.0 Å². The second kappa shape index (κ2) is 7.35. The van der Waals surface area contributed by atoms with Gasteiger partial charge in [0.1, 0.15) is 5.69 Å². The van der Waals surface area contributed by atoms with Gasteiger partial charge in [-0.1, -0.05) is 30.3 Å². The smallest absolute Gasteiger partial charge is 0.293 e. The number of hydrogen-bond donors (Lipinski definition) is 1. The molecule has 0 spiro atoms. The highest BCUT2D eigenvalue weighted by Crippen LogP contribution is 2.33. The second-order valence-electron chi connectivity index (χ2n) is 6.34. The van der Waals surface area contributed by atoms with E-state index in [1.165, 1.54) is 6.07 Å². The number of nitrogens with zero attached hydrogens (tertiary/aromatic N) is 2. The van der Waals surface area contributed by atoms with E-state index in [2.05, 4.69) is 0 Å². The maximum Gasteiger partial charge on any atom is 0.293 e. The summed E-state index contributed by atoms with van der Waals surface area (Å²) in [7, 11) is 0. The predicted octanol–water partition coefficient (Wildman–Crippen LogP) is 2.53. The molecule has 7 nitrogen and oxygen atoms in total. The number of piperidine rings is 1. The first-order chi connectivity index (χ1) is 12.5. The quantitative estimate of drug-likeness (QED) is 0.505. The van der Waals surface area contributed by atoms with Crippen LogP contribution in [0, 0.1) is 16.0 Å². The Bertz CT molecular complexity index is 851. The van der Waals surface area contributed by atoms with Crippen molar-refractivity contribution in [3.63, 3.8) is 0 Å². The largest absolute Gasteiger partial charge is 0.369 e. The lowest BCUT2D eigenvalue weighted by atomic mass is 9.96. The summed E-state index contributed by atoms with van der Waals surface area (Å²) in [5, 5.41) is 11.6. The van der Waals surface area contributed by atoms with Crippen molar-refractivity contribution in [3.8, 4) is 0 Å². The van der Waals surface area contributed by atoms with Gasteiger partial charge in [0.05, 0.1) is 10.8 Å². The molecule has 2 N–H and O–H groups in total. The average molecular weight is 353 g/mol. The van der Waals surface area contributed by atoms with Crippen molar-refractivity contribution in [2.24, 2.45) is 11.7 Å². The van der Waals surface area contributed by atoms with Crippen LogP contribution in [0.1, 0.15) is 28.8 Å². The molecule has 26 heavy (non-hydrogen) atoms. The van der Waals surface area contributed by atoms with Crippen LogP contribution in [0.15, 0.2) is 48.5 Å². The zero-order chi connectivity index (χ0) is 18.7. The molecular weight excluding hydrogens is 334 g/mol. The zero-order valence-electron chi connectivity index (χ0n) is 14.1. The minimum atomic E-state index is -0.495. The number of nitro benzene ring substituents is 1. The summed E-state index contributed by atoms with van der Waals surface area (Å²) < 4.78 is 0. The van der Waals surface area contributed by atoms with E-state index in [1.54, 1.807) is 47.4 Å². The van der Waals surface area contributed by atoms with Crippen LogP contribution in [0.3, 0.4) is 0 Å². The van der Waals surface area contributed by atoms with Crippen molar-refractivity contribution in [2.45, 2.75) is 12.8 Å². The fraction of sp³-hybridized carbons (Fsp3) is 0.263. The van der Waals surface area contributed by atoms with Crippen molar-refractivity contribution >= 4 is 23.1 Å². The Balaban J connectivity index is 1.94. The number of ketones is 1. The lowest BCUT2D eigenvalue weighted by Crippen LogP contribution is -2.41. The molecular formula is C19H19N3O4. The first kappa shape index (κ1) is 17.6. The van der Waals surface area contributed by atoms with Crippen LogP contribution < -0.4 is 10.6 Å². The molecule has 2 aromatic rings. The fourth-order valence-electron chi connectivity index (χ4n) is 3.26. The number of anilines is 1. The third-order valence-electron chi connectivity index (χ3n) is 4.63. The van der Waals surface area contributed by atoms with E-state index in [4.69, 9.17) is 5.73 Å². The molecule has 134 valence electrons. The van der Waals surface area contributed by atoms with Gasteiger partial charge in [-0.15, -0.1) is 0 Å². The molecule has 0 bridgehead atoms. The van der Waals surface area contributed by atoms with Gasteiger partial charge >= 0.3 is 0 Å². The molecule has 0 aliphatic carbocycles. The number of carbonyl (C=O) groups is 2. The highest BCUT2D eigenvalue weighted by molar-refractivity contribution is 6.09. The molecule has 0 saturated carbocycles. The molecule has 1 atom stereocenters. The van der Waals surface area contributed by atoms with Gasteiger partial charge in [0.15, 0.2) is 5.78 Å². The number of rotatable bonds is 5. The number of nitro groups is 1. The zero-order valence-corrected chi connectivity index (χ0v) is 14.1. The lowest BCUT2D eigenvalue weighted by Gasteiger charge is -2.32. The number of hydrogen-bond acceptors (Lipinski definition) is 5. The molecule has 3 rings (SSSR count). The first-order valence-electron chi connectivity index (χ1n) is 8.40. The maximum absolute atomic E-state index is 12.6. The Labute approximate surface area is 150 Å². The van der Waals surface area contributed by atoms with E-state index in [-0.39, 0.29) is 23.0 Å². The van der Waals surface area contributed by atoms with E-state index in [0.29, 0.717) is 30.8 Å². The topological polar surface area (TPSA) is 107 Å². The highest BCUT2D eigenvalue weighted by Gasteiger charge is 2.29. The van der Waals surface area contributed by atoms with E-state index in [1.807, 2.05) is 0 Å². The number of nitrogens with two attached hydrogens (primary N) is 1. The van der Waals surface area contributed by atoms with Gasteiger partial charge in [-0.05, 0) is 25.0 Å². The first-order valence-corrected chi connectivity index (χ1v) is 8.40. The highest BCUT2D eigenvalue weighted by atomic mass is 16.6. The Morgan fingerprint density at radius 3 is 2.50 bits per heavy atom. The Morgan fingerprint density at radius 2 is 1.85 bits per heavy atom. The van der Waals surface area contributed by atoms with Crippen molar-refractivity contribution < 1.29 is 14.5 Å². The number of benzene rings is 2. The molecule has 1 saturated heterocycles. The fourth-order valence-corrected chi connectivity index (χ4v) is 3.26. The maximum atomic E-state index is 12.6. The molecule has 1 aliphatic heterocycles.